The van der Waals surface area contributed by atoms with Gasteiger partial charge in [-0.15, -0.1) is 0 Å². The van der Waals surface area contributed by atoms with Crippen LogP contribution >= 0.6 is 0 Å². The average molecular weight is 279 g/mol. The van der Waals surface area contributed by atoms with Gasteiger partial charge in [0.2, 0.25) is 0 Å². The fourth-order valence-corrected chi connectivity index (χ4v) is 2.42. The van der Waals surface area contributed by atoms with Crippen molar-refractivity contribution in [1.82, 2.24) is 15.1 Å². The number of rotatable bonds is 5. The fourth-order valence-electron chi connectivity index (χ4n) is 2.42. The molecule has 0 fully saturated rings. The normalized spacial score (nSPS) is 12.7. The number of halogens is 2. The zero-order valence-electron chi connectivity index (χ0n) is 12.0. The van der Waals surface area contributed by atoms with Crippen LogP contribution in [0.5, 0.6) is 0 Å². The van der Waals surface area contributed by atoms with Crippen molar-refractivity contribution in [2.24, 2.45) is 7.05 Å². The first kappa shape index (κ1) is 14.7. The first-order chi connectivity index (χ1) is 9.55. The summed E-state index contributed by atoms with van der Waals surface area (Å²) in [6.07, 6.45) is 2.67. The van der Waals surface area contributed by atoms with Crippen LogP contribution in [0.15, 0.2) is 24.4 Å². The lowest BCUT2D eigenvalue weighted by atomic mass is 9.98. The van der Waals surface area contributed by atoms with Crippen molar-refractivity contribution in [3.05, 3.63) is 52.9 Å². The molecule has 108 valence electrons. The van der Waals surface area contributed by atoms with Gasteiger partial charge in [0.1, 0.15) is 11.6 Å². The Labute approximate surface area is 117 Å². The predicted octanol–water partition coefficient (Wildman–Crippen LogP) is 2.96. The Kier molecular flexibility index (Phi) is 4.49. The minimum Gasteiger partial charge on any atom is -0.306 e. The summed E-state index contributed by atoms with van der Waals surface area (Å²) in [5, 5.41) is 7.66. The van der Waals surface area contributed by atoms with Crippen molar-refractivity contribution in [1.29, 1.82) is 0 Å². The number of hydrogen-bond acceptors (Lipinski definition) is 2. The summed E-state index contributed by atoms with van der Waals surface area (Å²) in [6.45, 7) is 4.67. The van der Waals surface area contributed by atoms with Gasteiger partial charge in [-0.3, -0.25) is 4.68 Å². The molecule has 1 aromatic heterocycles. The standard InChI is InChI=1S/C15H19F2N3/c1-4-14-13(9-20(3)19-14)15(18-5-2)10-6-11(16)8-12(17)7-10/h6-9,15,18H,4-5H2,1-3H3. The van der Waals surface area contributed by atoms with E-state index >= 15 is 0 Å². The highest BCUT2D eigenvalue weighted by Gasteiger charge is 2.20. The van der Waals surface area contributed by atoms with Crippen LogP contribution < -0.4 is 5.32 Å². The van der Waals surface area contributed by atoms with Crippen LogP contribution in [0, 0.1) is 11.6 Å². The molecule has 0 saturated carbocycles. The summed E-state index contributed by atoms with van der Waals surface area (Å²) < 4.78 is 28.6. The number of aryl methyl sites for hydroxylation is 2. The largest absolute Gasteiger partial charge is 0.306 e. The van der Waals surface area contributed by atoms with Crippen molar-refractivity contribution in [3.63, 3.8) is 0 Å². The molecule has 0 aliphatic heterocycles. The van der Waals surface area contributed by atoms with Gasteiger partial charge >= 0.3 is 0 Å². The molecule has 2 rings (SSSR count). The number of aromatic nitrogens is 2. The van der Waals surface area contributed by atoms with Crippen LogP contribution in [-0.2, 0) is 13.5 Å². The Balaban J connectivity index is 2.49. The lowest BCUT2D eigenvalue weighted by molar-refractivity contribution is 0.564. The van der Waals surface area contributed by atoms with E-state index in [9.17, 15) is 8.78 Å². The molecule has 2 aromatic rings. The maximum Gasteiger partial charge on any atom is 0.126 e. The van der Waals surface area contributed by atoms with Gasteiger partial charge in [0.15, 0.2) is 0 Å². The lowest BCUT2D eigenvalue weighted by Crippen LogP contribution is -2.23. The summed E-state index contributed by atoms with van der Waals surface area (Å²) >= 11 is 0. The molecule has 0 bridgehead atoms. The third-order valence-corrected chi connectivity index (χ3v) is 3.21. The lowest BCUT2D eigenvalue weighted by Gasteiger charge is -2.18. The second-order valence-corrected chi connectivity index (χ2v) is 4.75. The number of hydrogen-bond donors (Lipinski definition) is 1. The Morgan fingerprint density at radius 3 is 2.40 bits per heavy atom. The predicted molar refractivity (Wildman–Crippen MR) is 74.5 cm³/mol. The van der Waals surface area contributed by atoms with Crippen molar-refractivity contribution in [2.45, 2.75) is 26.3 Å². The van der Waals surface area contributed by atoms with Gasteiger partial charge in [-0.25, -0.2) is 8.78 Å². The third kappa shape index (κ3) is 3.04. The minimum absolute atomic E-state index is 0.256. The number of nitrogens with zero attached hydrogens (tertiary/aromatic N) is 2. The minimum atomic E-state index is -0.565. The third-order valence-electron chi connectivity index (χ3n) is 3.21. The maximum absolute atomic E-state index is 13.4. The second-order valence-electron chi connectivity index (χ2n) is 4.75. The summed E-state index contributed by atoms with van der Waals surface area (Å²) in [6, 6.07) is 3.36. The topological polar surface area (TPSA) is 29.9 Å². The highest BCUT2D eigenvalue weighted by molar-refractivity contribution is 5.34. The zero-order valence-corrected chi connectivity index (χ0v) is 12.0. The van der Waals surface area contributed by atoms with E-state index in [4.69, 9.17) is 0 Å². The maximum atomic E-state index is 13.4. The van der Waals surface area contributed by atoms with Crippen LogP contribution in [-0.4, -0.2) is 16.3 Å². The van der Waals surface area contributed by atoms with Gasteiger partial charge < -0.3 is 5.32 Å². The molecule has 1 heterocycles. The Morgan fingerprint density at radius 2 is 1.85 bits per heavy atom. The van der Waals surface area contributed by atoms with E-state index in [0.717, 1.165) is 23.7 Å². The van der Waals surface area contributed by atoms with E-state index in [-0.39, 0.29) is 6.04 Å². The van der Waals surface area contributed by atoms with E-state index < -0.39 is 11.6 Å². The van der Waals surface area contributed by atoms with E-state index in [2.05, 4.69) is 10.4 Å². The molecule has 1 N–H and O–H groups in total. The molecule has 1 unspecified atom stereocenters. The van der Waals surface area contributed by atoms with Crippen molar-refractivity contribution in [3.8, 4) is 0 Å². The molecule has 0 aliphatic carbocycles. The molecule has 1 atom stereocenters. The van der Waals surface area contributed by atoms with Crippen LogP contribution in [0.2, 0.25) is 0 Å². The van der Waals surface area contributed by atoms with Gasteiger partial charge in [-0.05, 0) is 30.7 Å². The molecular formula is C15H19F2N3. The molecule has 0 spiro atoms. The Hall–Kier alpha value is -1.75. The first-order valence-corrected chi connectivity index (χ1v) is 6.77. The molecule has 0 saturated heterocycles. The summed E-state index contributed by atoms with van der Waals surface area (Å²) in [7, 11) is 1.85. The quantitative estimate of drug-likeness (QED) is 0.912. The van der Waals surface area contributed by atoms with Crippen LogP contribution in [0.25, 0.3) is 0 Å². The highest BCUT2D eigenvalue weighted by Crippen LogP contribution is 2.26. The van der Waals surface area contributed by atoms with Crippen molar-refractivity contribution in [2.75, 3.05) is 6.54 Å². The molecule has 0 radical (unpaired) electrons. The van der Waals surface area contributed by atoms with E-state index in [1.165, 1.54) is 12.1 Å². The van der Waals surface area contributed by atoms with E-state index in [1.54, 1.807) is 4.68 Å². The highest BCUT2D eigenvalue weighted by atomic mass is 19.1. The van der Waals surface area contributed by atoms with E-state index in [0.29, 0.717) is 12.1 Å². The van der Waals surface area contributed by atoms with Crippen LogP contribution in [0.1, 0.15) is 36.7 Å². The van der Waals surface area contributed by atoms with Gasteiger partial charge in [0, 0.05) is 24.9 Å². The van der Waals surface area contributed by atoms with Crippen LogP contribution in [0.4, 0.5) is 8.78 Å². The van der Waals surface area contributed by atoms with Crippen LogP contribution in [0.3, 0.4) is 0 Å². The van der Waals surface area contributed by atoms with Gasteiger partial charge in [-0.2, -0.15) is 5.10 Å². The second kappa shape index (κ2) is 6.13. The smallest absolute Gasteiger partial charge is 0.126 e. The Morgan fingerprint density at radius 1 is 1.20 bits per heavy atom. The summed E-state index contributed by atoms with van der Waals surface area (Å²) in [5.41, 5.74) is 2.47. The molecule has 1 aromatic carbocycles. The molecule has 0 amide bonds. The van der Waals surface area contributed by atoms with Crippen molar-refractivity contribution >= 4 is 0 Å². The molecular weight excluding hydrogens is 260 g/mol. The van der Waals surface area contributed by atoms with Gasteiger partial charge in [0.05, 0.1) is 11.7 Å². The van der Waals surface area contributed by atoms with Crippen molar-refractivity contribution < 1.29 is 8.78 Å². The average Bonchev–Trinajstić information content (AvgIpc) is 2.75. The number of benzene rings is 1. The first-order valence-electron chi connectivity index (χ1n) is 6.77. The SMILES string of the molecule is CCNC(c1cc(F)cc(F)c1)c1cn(C)nc1CC. The fraction of sp³-hybridized carbons (Fsp3) is 0.400. The number of nitrogens with one attached hydrogen (secondary N) is 1. The zero-order chi connectivity index (χ0) is 14.7. The molecule has 20 heavy (non-hydrogen) atoms. The molecule has 0 aliphatic rings. The summed E-state index contributed by atoms with van der Waals surface area (Å²) in [5.74, 6) is -1.13. The summed E-state index contributed by atoms with van der Waals surface area (Å²) in [4.78, 5) is 0. The molecule has 3 nitrogen and oxygen atoms in total. The van der Waals surface area contributed by atoms with Gasteiger partial charge in [0.25, 0.3) is 0 Å². The molecule has 5 heteroatoms. The Bertz CT molecular complexity index is 573. The van der Waals surface area contributed by atoms with E-state index in [1.807, 2.05) is 27.1 Å². The van der Waals surface area contributed by atoms with Gasteiger partial charge in [-0.1, -0.05) is 13.8 Å². The monoisotopic (exact) mass is 279 g/mol.